The number of nitrogens with one attached hydrogen (secondary N) is 1. The van der Waals surface area contributed by atoms with Crippen molar-refractivity contribution in [1.29, 1.82) is 0 Å². The molecule has 24 heavy (non-hydrogen) atoms. The maximum atomic E-state index is 12.3. The highest BCUT2D eigenvalue weighted by Gasteiger charge is 2.37. The van der Waals surface area contributed by atoms with E-state index in [1.807, 2.05) is 12.1 Å². The summed E-state index contributed by atoms with van der Waals surface area (Å²) in [5, 5.41) is 3.70. The van der Waals surface area contributed by atoms with E-state index in [4.69, 9.17) is 9.47 Å². The summed E-state index contributed by atoms with van der Waals surface area (Å²) in [6.07, 6.45) is 4.31. The van der Waals surface area contributed by atoms with Gasteiger partial charge in [-0.05, 0) is 31.2 Å². The van der Waals surface area contributed by atoms with Crippen molar-refractivity contribution in [3.63, 3.8) is 0 Å². The Morgan fingerprint density at radius 3 is 2.96 bits per heavy atom. The second kappa shape index (κ2) is 6.63. The lowest BCUT2D eigenvalue weighted by Gasteiger charge is -2.39. The van der Waals surface area contributed by atoms with E-state index in [1.165, 1.54) is 0 Å². The molecule has 3 aliphatic rings. The highest BCUT2D eigenvalue weighted by atomic mass is 16.7. The summed E-state index contributed by atoms with van der Waals surface area (Å²) in [5.41, 5.74) is 1.15. The third-order valence-electron chi connectivity index (χ3n) is 5.53. The molecule has 1 aromatic rings. The first kappa shape index (κ1) is 15.8. The molecule has 2 atom stereocenters. The topological polar surface area (TPSA) is 50.8 Å². The van der Waals surface area contributed by atoms with Gasteiger partial charge in [0.15, 0.2) is 11.5 Å². The largest absolute Gasteiger partial charge is 0.454 e. The van der Waals surface area contributed by atoms with Crippen molar-refractivity contribution in [2.45, 2.75) is 45.2 Å². The average molecular weight is 330 g/mol. The second-order valence-electron chi connectivity index (χ2n) is 7.15. The van der Waals surface area contributed by atoms with Crippen LogP contribution in [0.2, 0.25) is 0 Å². The first-order chi connectivity index (χ1) is 11.8. The molecular formula is C19H26N2O3. The molecule has 130 valence electrons. The Hall–Kier alpha value is -1.75. The molecule has 0 radical (unpaired) electrons. The SMILES string of the molecule is CC[C@H]1CN(C(=O)C2CC2)CC[C@@H]1NCc1cccc2c1OCO2. The predicted octanol–water partition coefficient (Wildman–Crippen LogP) is 2.54. The van der Waals surface area contributed by atoms with E-state index in [9.17, 15) is 4.79 Å². The van der Waals surface area contributed by atoms with E-state index in [-0.39, 0.29) is 0 Å². The molecule has 0 spiro atoms. The van der Waals surface area contributed by atoms with Crippen molar-refractivity contribution >= 4 is 5.91 Å². The summed E-state index contributed by atoms with van der Waals surface area (Å²) in [6, 6.07) is 6.51. The molecule has 1 saturated carbocycles. The number of nitrogens with zero attached hydrogens (tertiary/aromatic N) is 1. The Labute approximate surface area is 143 Å². The number of hydrogen-bond donors (Lipinski definition) is 1. The van der Waals surface area contributed by atoms with E-state index >= 15 is 0 Å². The maximum Gasteiger partial charge on any atom is 0.231 e. The number of carbonyl (C=O) groups is 1. The molecule has 5 nitrogen and oxygen atoms in total. The first-order valence-corrected chi connectivity index (χ1v) is 9.16. The Balaban J connectivity index is 1.36. The first-order valence-electron chi connectivity index (χ1n) is 9.16. The number of ether oxygens (including phenoxy) is 2. The van der Waals surface area contributed by atoms with Crippen LogP contribution in [0.1, 0.15) is 38.2 Å². The lowest BCUT2D eigenvalue weighted by Crippen LogP contribution is -2.51. The van der Waals surface area contributed by atoms with Gasteiger partial charge in [0.2, 0.25) is 12.7 Å². The molecule has 4 rings (SSSR count). The minimum atomic E-state index is 0.311. The van der Waals surface area contributed by atoms with Crippen LogP contribution in [0, 0.1) is 11.8 Å². The quantitative estimate of drug-likeness (QED) is 0.901. The molecule has 1 N–H and O–H groups in total. The van der Waals surface area contributed by atoms with Gasteiger partial charge in [0.05, 0.1) is 0 Å². The third-order valence-corrected chi connectivity index (χ3v) is 5.53. The number of amides is 1. The fourth-order valence-electron chi connectivity index (χ4n) is 3.87. The molecule has 2 heterocycles. The summed E-state index contributed by atoms with van der Waals surface area (Å²) >= 11 is 0. The van der Waals surface area contributed by atoms with Crippen molar-refractivity contribution in [3.8, 4) is 11.5 Å². The normalized spacial score (nSPS) is 25.8. The van der Waals surface area contributed by atoms with Gasteiger partial charge in [-0.25, -0.2) is 0 Å². The molecule has 5 heteroatoms. The van der Waals surface area contributed by atoms with Crippen molar-refractivity contribution in [1.82, 2.24) is 10.2 Å². The molecule has 1 aliphatic carbocycles. The molecule has 1 saturated heterocycles. The Kier molecular flexibility index (Phi) is 4.35. The standard InChI is InChI=1S/C19H26N2O3/c1-2-13-11-21(19(22)14-6-7-14)9-8-16(13)20-10-15-4-3-5-17-18(15)24-12-23-17/h3-5,13-14,16,20H,2,6-12H2,1H3/t13-,16-/m0/s1. The highest BCUT2D eigenvalue weighted by molar-refractivity contribution is 5.81. The van der Waals surface area contributed by atoms with E-state index in [0.717, 1.165) is 62.4 Å². The molecule has 0 aromatic heterocycles. The molecule has 1 amide bonds. The average Bonchev–Trinajstić information content (AvgIpc) is 3.36. The van der Waals surface area contributed by atoms with Crippen LogP contribution in [-0.2, 0) is 11.3 Å². The number of rotatable bonds is 5. The molecule has 2 aliphatic heterocycles. The van der Waals surface area contributed by atoms with Crippen LogP contribution in [0.5, 0.6) is 11.5 Å². The van der Waals surface area contributed by atoms with E-state index in [2.05, 4.69) is 23.2 Å². The smallest absolute Gasteiger partial charge is 0.231 e. The number of carbonyl (C=O) groups excluding carboxylic acids is 1. The van der Waals surface area contributed by atoms with Crippen LogP contribution < -0.4 is 14.8 Å². The van der Waals surface area contributed by atoms with Gasteiger partial charge in [0.1, 0.15) is 0 Å². The molecule has 1 aromatic carbocycles. The number of likely N-dealkylation sites (tertiary alicyclic amines) is 1. The number of fused-ring (bicyclic) bond motifs is 1. The van der Waals surface area contributed by atoms with E-state index in [0.29, 0.717) is 30.6 Å². The number of piperidine rings is 1. The predicted molar refractivity (Wildman–Crippen MR) is 90.9 cm³/mol. The van der Waals surface area contributed by atoms with E-state index < -0.39 is 0 Å². The number of para-hydroxylation sites is 1. The summed E-state index contributed by atoms with van der Waals surface area (Å²) in [4.78, 5) is 14.4. The zero-order valence-corrected chi connectivity index (χ0v) is 14.3. The number of hydrogen-bond acceptors (Lipinski definition) is 4. The van der Waals surface area contributed by atoms with Crippen molar-refractivity contribution in [3.05, 3.63) is 23.8 Å². The van der Waals surface area contributed by atoms with Gasteiger partial charge in [-0.15, -0.1) is 0 Å². The second-order valence-corrected chi connectivity index (χ2v) is 7.15. The number of benzene rings is 1. The zero-order valence-electron chi connectivity index (χ0n) is 14.3. The Morgan fingerprint density at radius 2 is 2.17 bits per heavy atom. The van der Waals surface area contributed by atoms with Crippen molar-refractivity contribution in [2.75, 3.05) is 19.9 Å². The highest BCUT2D eigenvalue weighted by Crippen LogP contribution is 2.36. The fourth-order valence-corrected chi connectivity index (χ4v) is 3.87. The summed E-state index contributed by atoms with van der Waals surface area (Å²) in [5.74, 6) is 2.95. The fraction of sp³-hybridized carbons (Fsp3) is 0.632. The van der Waals surface area contributed by atoms with Crippen LogP contribution in [0.15, 0.2) is 18.2 Å². The Bertz CT molecular complexity index is 615. The van der Waals surface area contributed by atoms with Gasteiger partial charge in [-0.2, -0.15) is 0 Å². The monoisotopic (exact) mass is 330 g/mol. The Morgan fingerprint density at radius 1 is 1.29 bits per heavy atom. The van der Waals surface area contributed by atoms with Crippen molar-refractivity contribution in [2.24, 2.45) is 11.8 Å². The zero-order chi connectivity index (χ0) is 16.5. The maximum absolute atomic E-state index is 12.3. The van der Waals surface area contributed by atoms with Crippen LogP contribution in [0.4, 0.5) is 0 Å². The summed E-state index contributed by atoms with van der Waals surface area (Å²) < 4.78 is 11.0. The molecule has 0 bridgehead atoms. The minimum absolute atomic E-state index is 0.311. The van der Waals surface area contributed by atoms with Gasteiger partial charge < -0.3 is 19.7 Å². The van der Waals surface area contributed by atoms with Crippen LogP contribution in [-0.4, -0.2) is 36.7 Å². The lowest BCUT2D eigenvalue weighted by atomic mass is 9.89. The van der Waals surface area contributed by atoms with Crippen molar-refractivity contribution < 1.29 is 14.3 Å². The van der Waals surface area contributed by atoms with Crippen LogP contribution in [0.25, 0.3) is 0 Å². The third kappa shape index (κ3) is 3.09. The lowest BCUT2D eigenvalue weighted by molar-refractivity contribution is -0.134. The van der Waals surface area contributed by atoms with Gasteiger partial charge in [0.25, 0.3) is 0 Å². The van der Waals surface area contributed by atoms with Gasteiger partial charge in [-0.3, -0.25) is 4.79 Å². The van der Waals surface area contributed by atoms with Gasteiger partial charge in [-0.1, -0.05) is 25.5 Å². The molecule has 0 unspecified atom stereocenters. The minimum Gasteiger partial charge on any atom is -0.454 e. The summed E-state index contributed by atoms with van der Waals surface area (Å²) in [6.45, 7) is 5.10. The summed E-state index contributed by atoms with van der Waals surface area (Å²) in [7, 11) is 0. The van der Waals surface area contributed by atoms with Crippen LogP contribution in [0.3, 0.4) is 0 Å². The van der Waals surface area contributed by atoms with Gasteiger partial charge >= 0.3 is 0 Å². The molecule has 2 fully saturated rings. The van der Waals surface area contributed by atoms with Gasteiger partial charge in [0, 0.05) is 37.2 Å². The van der Waals surface area contributed by atoms with E-state index in [1.54, 1.807) is 0 Å². The molecular weight excluding hydrogens is 304 g/mol. The van der Waals surface area contributed by atoms with Crippen LogP contribution >= 0.6 is 0 Å².